The number of piperidine rings is 1. The second kappa shape index (κ2) is 5.35. The van der Waals surface area contributed by atoms with Crippen LogP contribution in [0.1, 0.15) is 37.7 Å². The van der Waals surface area contributed by atoms with Gasteiger partial charge in [-0.05, 0) is 56.4 Å². The highest BCUT2D eigenvalue weighted by Gasteiger charge is 2.20. The summed E-state index contributed by atoms with van der Waals surface area (Å²) in [6, 6.07) is 8.33. The molecule has 0 radical (unpaired) electrons. The maximum atomic E-state index is 6.03. The first kappa shape index (κ1) is 11.5. The minimum Gasteiger partial charge on any atom is -0.398 e. The van der Waals surface area contributed by atoms with E-state index >= 15 is 0 Å². The van der Waals surface area contributed by atoms with Gasteiger partial charge in [-0.3, -0.25) is 0 Å². The van der Waals surface area contributed by atoms with Gasteiger partial charge in [0.15, 0.2) is 0 Å². The van der Waals surface area contributed by atoms with Crippen LogP contribution in [0, 0.1) is 0 Å². The summed E-state index contributed by atoms with van der Waals surface area (Å²) in [5.41, 5.74) is 8.36. The molecule has 0 aliphatic carbocycles. The number of nitrogens with zero attached hydrogens (tertiary/aromatic N) is 1. The Hall–Kier alpha value is -1.02. The molecule has 88 valence electrons. The third kappa shape index (κ3) is 2.56. The van der Waals surface area contributed by atoms with Crippen molar-refractivity contribution in [3.8, 4) is 0 Å². The van der Waals surface area contributed by atoms with E-state index in [-0.39, 0.29) is 0 Å². The van der Waals surface area contributed by atoms with Crippen molar-refractivity contribution in [2.75, 3.05) is 25.4 Å². The van der Waals surface area contributed by atoms with Crippen LogP contribution >= 0.6 is 0 Å². The highest BCUT2D eigenvalue weighted by Crippen LogP contribution is 2.31. The predicted octanol–water partition coefficient (Wildman–Crippen LogP) is 2.86. The molecule has 1 heterocycles. The van der Waals surface area contributed by atoms with Crippen LogP contribution in [0.25, 0.3) is 0 Å². The zero-order valence-electron chi connectivity index (χ0n) is 10.2. The zero-order valence-corrected chi connectivity index (χ0v) is 10.2. The third-order valence-electron chi connectivity index (χ3n) is 3.56. The Morgan fingerprint density at radius 1 is 1.25 bits per heavy atom. The van der Waals surface area contributed by atoms with Crippen LogP contribution < -0.4 is 5.73 Å². The summed E-state index contributed by atoms with van der Waals surface area (Å²) in [7, 11) is 0. The Kier molecular flexibility index (Phi) is 3.83. The molecule has 1 aliphatic heterocycles. The van der Waals surface area contributed by atoms with Crippen LogP contribution in [0.5, 0.6) is 0 Å². The Morgan fingerprint density at radius 3 is 2.56 bits per heavy atom. The fourth-order valence-corrected chi connectivity index (χ4v) is 2.67. The van der Waals surface area contributed by atoms with E-state index in [9.17, 15) is 0 Å². The number of benzene rings is 1. The SMILES string of the molecule is CCCN1CCC(c2ccccc2N)CC1. The Labute approximate surface area is 98.4 Å². The summed E-state index contributed by atoms with van der Waals surface area (Å²) in [6.45, 7) is 5.96. The Bertz CT molecular complexity index is 327. The van der Waals surface area contributed by atoms with Gasteiger partial charge in [-0.15, -0.1) is 0 Å². The predicted molar refractivity (Wildman–Crippen MR) is 69.6 cm³/mol. The zero-order chi connectivity index (χ0) is 11.4. The summed E-state index contributed by atoms with van der Waals surface area (Å²) in [5.74, 6) is 0.675. The fourth-order valence-electron chi connectivity index (χ4n) is 2.67. The fraction of sp³-hybridized carbons (Fsp3) is 0.571. The highest BCUT2D eigenvalue weighted by atomic mass is 15.1. The molecule has 0 saturated carbocycles. The van der Waals surface area contributed by atoms with Crippen molar-refractivity contribution in [2.24, 2.45) is 0 Å². The highest BCUT2D eigenvalue weighted by molar-refractivity contribution is 5.48. The first-order valence-corrected chi connectivity index (χ1v) is 6.38. The maximum Gasteiger partial charge on any atom is 0.0349 e. The van der Waals surface area contributed by atoms with E-state index in [2.05, 4.69) is 24.0 Å². The number of hydrogen-bond donors (Lipinski definition) is 1. The average Bonchev–Trinajstić information content (AvgIpc) is 2.31. The average molecular weight is 218 g/mol. The summed E-state index contributed by atoms with van der Waals surface area (Å²) >= 11 is 0. The van der Waals surface area contributed by atoms with Crippen LogP contribution in [0.4, 0.5) is 5.69 Å². The van der Waals surface area contributed by atoms with Crippen molar-refractivity contribution in [3.63, 3.8) is 0 Å². The molecule has 0 unspecified atom stereocenters. The topological polar surface area (TPSA) is 29.3 Å². The molecular weight excluding hydrogens is 196 g/mol. The monoisotopic (exact) mass is 218 g/mol. The minimum absolute atomic E-state index is 0.675. The van der Waals surface area contributed by atoms with E-state index in [1.165, 1.54) is 44.5 Å². The van der Waals surface area contributed by atoms with Gasteiger partial charge >= 0.3 is 0 Å². The molecule has 0 bridgehead atoms. The van der Waals surface area contributed by atoms with Crippen molar-refractivity contribution in [3.05, 3.63) is 29.8 Å². The van der Waals surface area contributed by atoms with E-state index in [1.54, 1.807) is 0 Å². The number of likely N-dealkylation sites (tertiary alicyclic amines) is 1. The molecule has 1 aliphatic rings. The second-order valence-corrected chi connectivity index (χ2v) is 4.74. The smallest absolute Gasteiger partial charge is 0.0349 e. The van der Waals surface area contributed by atoms with Gasteiger partial charge in [0.1, 0.15) is 0 Å². The van der Waals surface area contributed by atoms with E-state index in [1.807, 2.05) is 12.1 Å². The van der Waals surface area contributed by atoms with Crippen molar-refractivity contribution >= 4 is 5.69 Å². The van der Waals surface area contributed by atoms with Crippen LogP contribution in [0.15, 0.2) is 24.3 Å². The largest absolute Gasteiger partial charge is 0.398 e. The lowest BCUT2D eigenvalue weighted by molar-refractivity contribution is 0.213. The Morgan fingerprint density at radius 2 is 1.94 bits per heavy atom. The number of rotatable bonds is 3. The molecule has 1 saturated heterocycles. The molecule has 0 aromatic heterocycles. The van der Waals surface area contributed by atoms with Gasteiger partial charge in [0, 0.05) is 5.69 Å². The van der Waals surface area contributed by atoms with Gasteiger partial charge in [-0.1, -0.05) is 25.1 Å². The van der Waals surface area contributed by atoms with E-state index in [4.69, 9.17) is 5.73 Å². The number of para-hydroxylation sites is 1. The molecular formula is C14H22N2. The molecule has 1 aromatic carbocycles. The van der Waals surface area contributed by atoms with E-state index < -0.39 is 0 Å². The van der Waals surface area contributed by atoms with Crippen molar-refractivity contribution < 1.29 is 0 Å². The van der Waals surface area contributed by atoms with Gasteiger partial charge in [-0.2, -0.15) is 0 Å². The van der Waals surface area contributed by atoms with Gasteiger partial charge in [0.2, 0.25) is 0 Å². The first-order valence-electron chi connectivity index (χ1n) is 6.38. The Balaban J connectivity index is 1.96. The summed E-state index contributed by atoms with van der Waals surface area (Å²) in [4.78, 5) is 2.57. The normalized spacial score (nSPS) is 18.8. The maximum absolute atomic E-state index is 6.03. The lowest BCUT2D eigenvalue weighted by Crippen LogP contribution is -2.33. The quantitative estimate of drug-likeness (QED) is 0.790. The first-order chi connectivity index (χ1) is 7.81. The molecule has 2 heteroatoms. The number of hydrogen-bond acceptors (Lipinski definition) is 2. The second-order valence-electron chi connectivity index (χ2n) is 4.74. The van der Waals surface area contributed by atoms with Crippen molar-refractivity contribution in [1.29, 1.82) is 0 Å². The lowest BCUT2D eigenvalue weighted by Gasteiger charge is -2.32. The summed E-state index contributed by atoms with van der Waals surface area (Å²) < 4.78 is 0. The summed E-state index contributed by atoms with van der Waals surface area (Å²) in [6.07, 6.45) is 3.78. The van der Waals surface area contributed by atoms with Gasteiger partial charge in [-0.25, -0.2) is 0 Å². The molecule has 1 aromatic rings. The number of nitrogen functional groups attached to an aromatic ring is 1. The summed E-state index contributed by atoms with van der Waals surface area (Å²) in [5, 5.41) is 0. The molecule has 0 spiro atoms. The molecule has 2 nitrogen and oxygen atoms in total. The van der Waals surface area contributed by atoms with Crippen LogP contribution in [-0.2, 0) is 0 Å². The molecule has 0 atom stereocenters. The van der Waals surface area contributed by atoms with Crippen molar-refractivity contribution in [1.82, 2.24) is 4.90 Å². The molecule has 2 rings (SSSR count). The van der Waals surface area contributed by atoms with Crippen molar-refractivity contribution in [2.45, 2.75) is 32.1 Å². The van der Waals surface area contributed by atoms with Crippen LogP contribution in [-0.4, -0.2) is 24.5 Å². The third-order valence-corrected chi connectivity index (χ3v) is 3.56. The van der Waals surface area contributed by atoms with Crippen LogP contribution in [0.2, 0.25) is 0 Å². The number of anilines is 1. The molecule has 16 heavy (non-hydrogen) atoms. The van der Waals surface area contributed by atoms with Gasteiger partial charge < -0.3 is 10.6 Å². The van der Waals surface area contributed by atoms with E-state index in [0.717, 1.165) is 5.69 Å². The van der Waals surface area contributed by atoms with Gasteiger partial charge in [0.05, 0.1) is 0 Å². The molecule has 0 amide bonds. The number of nitrogens with two attached hydrogens (primary N) is 1. The molecule has 1 fully saturated rings. The minimum atomic E-state index is 0.675. The lowest BCUT2D eigenvalue weighted by atomic mass is 9.88. The molecule has 2 N–H and O–H groups in total. The van der Waals surface area contributed by atoms with Crippen LogP contribution in [0.3, 0.4) is 0 Å². The van der Waals surface area contributed by atoms with E-state index in [0.29, 0.717) is 5.92 Å². The van der Waals surface area contributed by atoms with Gasteiger partial charge in [0.25, 0.3) is 0 Å². The standard InChI is InChI=1S/C14H22N2/c1-2-9-16-10-7-12(8-11-16)13-5-3-4-6-14(13)15/h3-6,12H,2,7-11,15H2,1H3.